The van der Waals surface area contributed by atoms with Gasteiger partial charge >= 0.3 is 0 Å². The second-order valence-electron chi connectivity index (χ2n) is 6.80. The van der Waals surface area contributed by atoms with E-state index in [2.05, 4.69) is 5.32 Å². The summed E-state index contributed by atoms with van der Waals surface area (Å²) in [5.74, 6) is 0.0195. The standard InChI is InChI=1S/C23H24N2O4S2/c24-31(27,28)22-17-19(12-14-25-23(26)11-9-20-7-4-16-30-20)8-10-21(22)29-15-13-18-5-2-1-3-6-18/h1-11,16-17H,12-15H2,(H,25,26)(H2,24,27,28)/b11-9+. The van der Waals surface area contributed by atoms with E-state index in [0.29, 0.717) is 26.0 Å². The summed E-state index contributed by atoms with van der Waals surface area (Å²) in [5, 5.41) is 10.1. The average molecular weight is 457 g/mol. The van der Waals surface area contributed by atoms with E-state index in [4.69, 9.17) is 9.88 Å². The lowest BCUT2D eigenvalue weighted by molar-refractivity contribution is -0.116. The predicted molar refractivity (Wildman–Crippen MR) is 124 cm³/mol. The number of sulfonamides is 1. The Morgan fingerprint density at radius 1 is 1.03 bits per heavy atom. The van der Waals surface area contributed by atoms with Crippen molar-refractivity contribution in [3.63, 3.8) is 0 Å². The van der Waals surface area contributed by atoms with Gasteiger partial charge in [-0.15, -0.1) is 11.3 Å². The zero-order chi connectivity index (χ0) is 22.1. The summed E-state index contributed by atoms with van der Waals surface area (Å²) in [6, 6.07) is 18.5. The van der Waals surface area contributed by atoms with E-state index in [1.54, 1.807) is 29.5 Å². The van der Waals surface area contributed by atoms with Crippen LogP contribution < -0.4 is 15.2 Å². The lowest BCUT2D eigenvalue weighted by Crippen LogP contribution is -2.23. The Morgan fingerprint density at radius 2 is 1.84 bits per heavy atom. The maximum atomic E-state index is 12.0. The maximum absolute atomic E-state index is 12.0. The van der Waals surface area contributed by atoms with E-state index < -0.39 is 10.0 Å². The Morgan fingerprint density at radius 3 is 2.55 bits per heavy atom. The minimum atomic E-state index is -3.95. The molecular weight excluding hydrogens is 432 g/mol. The third-order valence-corrected chi connectivity index (χ3v) is 6.23. The molecule has 8 heteroatoms. The van der Waals surface area contributed by atoms with Gasteiger partial charge < -0.3 is 10.1 Å². The molecule has 2 aromatic carbocycles. The van der Waals surface area contributed by atoms with Crippen LogP contribution in [0.3, 0.4) is 0 Å². The molecule has 1 amide bonds. The highest BCUT2D eigenvalue weighted by molar-refractivity contribution is 7.89. The number of rotatable bonds is 10. The molecule has 3 rings (SSSR count). The summed E-state index contributed by atoms with van der Waals surface area (Å²) in [6.07, 6.45) is 4.34. The lowest BCUT2D eigenvalue weighted by atomic mass is 10.1. The molecule has 0 spiro atoms. The summed E-state index contributed by atoms with van der Waals surface area (Å²) in [6.45, 7) is 0.699. The molecule has 1 heterocycles. The Hall–Kier alpha value is -2.94. The molecule has 3 aromatic rings. The van der Waals surface area contributed by atoms with Crippen molar-refractivity contribution in [1.82, 2.24) is 5.32 Å². The van der Waals surface area contributed by atoms with Crippen LogP contribution in [0, 0.1) is 0 Å². The number of thiophene rings is 1. The van der Waals surface area contributed by atoms with Crippen LogP contribution in [0.15, 0.2) is 77.0 Å². The largest absolute Gasteiger partial charge is 0.492 e. The molecule has 0 aliphatic rings. The van der Waals surface area contributed by atoms with Gasteiger partial charge in [0.1, 0.15) is 10.6 Å². The topological polar surface area (TPSA) is 98.5 Å². The van der Waals surface area contributed by atoms with E-state index in [-0.39, 0.29) is 16.6 Å². The van der Waals surface area contributed by atoms with Gasteiger partial charge in [0.15, 0.2) is 0 Å². The number of ether oxygens (including phenoxy) is 1. The van der Waals surface area contributed by atoms with Crippen molar-refractivity contribution in [2.75, 3.05) is 13.2 Å². The second-order valence-corrected chi connectivity index (χ2v) is 9.31. The van der Waals surface area contributed by atoms with Crippen LogP contribution in [0.4, 0.5) is 0 Å². The van der Waals surface area contributed by atoms with E-state index in [9.17, 15) is 13.2 Å². The number of nitrogens with two attached hydrogens (primary N) is 1. The third kappa shape index (κ3) is 7.36. The molecule has 3 N–H and O–H groups in total. The molecule has 0 aliphatic heterocycles. The number of carbonyl (C=O) groups is 1. The van der Waals surface area contributed by atoms with Gasteiger partial charge in [0.2, 0.25) is 15.9 Å². The number of benzene rings is 2. The van der Waals surface area contributed by atoms with E-state index in [1.807, 2.05) is 47.8 Å². The van der Waals surface area contributed by atoms with E-state index >= 15 is 0 Å². The highest BCUT2D eigenvalue weighted by Gasteiger charge is 2.16. The molecule has 31 heavy (non-hydrogen) atoms. The summed E-state index contributed by atoms with van der Waals surface area (Å²) in [4.78, 5) is 12.9. The number of hydrogen-bond acceptors (Lipinski definition) is 5. The highest BCUT2D eigenvalue weighted by atomic mass is 32.2. The van der Waals surface area contributed by atoms with Crippen molar-refractivity contribution in [3.05, 3.63) is 88.1 Å². The van der Waals surface area contributed by atoms with Crippen LogP contribution in [-0.4, -0.2) is 27.5 Å². The van der Waals surface area contributed by atoms with Gasteiger partial charge in [0.05, 0.1) is 6.61 Å². The first-order chi connectivity index (χ1) is 14.9. The normalized spacial score (nSPS) is 11.5. The third-order valence-electron chi connectivity index (χ3n) is 4.46. The van der Waals surface area contributed by atoms with Gasteiger partial charge in [-0.05, 0) is 47.2 Å². The zero-order valence-electron chi connectivity index (χ0n) is 16.9. The van der Waals surface area contributed by atoms with E-state index in [1.165, 1.54) is 12.1 Å². The number of amides is 1. The zero-order valence-corrected chi connectivity index (χ0v) is 18.5. The fourth-order valence-electron chi connectivity index (χ4n) is 2.91. The fourth-order valence-corrected chi connectivity index (χ4v) is 4.25. The van der Waals surface area contributed by atoms with Gasteiger partial charge in [-0.2, -0.15) is 0 Å². The molecule has 162 valence electrons. The van der Waals surface area contributed by atoms with Crippen LogP contribution in [0.25, 0.3) is 6.08 Å². The quantitative estimate of drug-likeness (QED) is 0.457. The van der Waals surface area contributed by atoms with Crippen LogP contribution in [0.5, 0.6) is 5.75 Å². The first kappa shape index (κ1) is 22.7. The van der Waals surface area contributed by atoms with Crippen molar-refractivity contribution in [1.29, 1.82) is 0 Å². The molecule has 0 saturated heterocycles. The molecule has 0 unspecified atom stereocenters. The molecular formula is C23H24N2O4S2. The molecule has 0 bridgehead atoms. The predicted octanol–water partition coefficient (Wildman–Crippen LogP) is 3.39. The molecule has 0 radical (unpaired) electrons. The highest BCUT2D eigenvalue weighted by Crippen LogP contribution is 2.24. The minimum Gasteiger partial charge on any atom is -0.492 e. The first-order valence-corrected chi connectivity index (χ1v) is 12.2. The van der Waals surface area contributed by atoms with Gasteiger partial charge in [-0.1, -0.05) is 42.5 Å². The molecule has 0 fully saturated rings. The smallest absolute Gasteiger partial charge is 0.244 e. The number of carbonyl (C=O) groups excluding carboxylic acids is 1. The Balaban J connectivity index is 1.57. The summed E-state index contributed by atoms with van der Waals surface area (Å²) >= 11 is 1.55. The van der Waals surface area contributed by atoms with Crippen LogP contribution >= 0.6 is 11.3 Å². The van der Waals surface area contributed by atoms with Gasteiger partial charge in [-0.3, -0.25) is 4.79 Å². The van der Waals surface area contributed by atoms with Crippen molar-refractivity contribution >= 4 is 33.3 Å². The summed E-state index contributed by atoms with van der Waals surface area (Å²) < 4.78 is 29.8. The van der Waals surface area contributed by atoms with Crippen LogP contribution in [-0.2, 0) is 27.7 Å². The van der Waals surface area contributed by atoms with Crippen LogP contribution in [0.1, 0.15) is 16.0 Å². The van der Waals surface area contributed by atoms with Gasteiger partial charge in [0.25, 0.3) is 0 Å². The van der Waals surface area contributed by atoms with Crippen molar-refractivity contribution in [2.45, 2.75) is 17.7 Å². The van der Waals surface area contributed by atoms with Gasteiger partial charge in [-0.25, -0.2) is 13.6 Å². The van der Waals surface area contributed by atoms with Crippen LogP contribution in [0.2, 0.25) is 0 Å². The summed E-state index contributed by atoms with van der Waals surface area (Å²) in [5.41, 5.74) is 1.84. The van der Waals surface area contributed by atoms with Gasteiger partial charge in [0, 0.05) is 23.9 Å². The fraction of sp³-hybridized carbons (Fsp3) is 0.174. The molecule has 6 nitrogen and oxygen atoms in total. The Labute approximate surface area is 186 Å². The van der Waals surface area contributed by atoms with Crippen molar-refractivity contribution < 1.29 is 17.9 Å². The minimum absolute atomic E-state index is 0.0537. The average Bonchev–Trinajstić information content (AvgIpc) is 3.27. The number of hydrogen-bond donors (Lipinski definition) is 2. The molecule has 0 atom stereocenters. The summed E-state index contributed by atoms with van der Waals surface area (Å²) in [7, 11) is -3.95. The monoisotopic (exact) mass is 456 g/mol. The number of primary sulfonamides is 1. The Kier molecular flexibility index (Phi) is 8.00. The second kappa shape index (κ2) is 10.9. The van der Waals surface area contributed by atoms with Crippen molar-refractivity contribution in [2.24, 2.45) is 5.14 Å². The molecule has 0 saturated carbocycles. The number of nitrogens with one attached hydrogen (secondary N) is 1. The lowest BCUT2D eigenvalue weighted by Gasteiger charge is -2.12. The molecule has 0 aliphatic carbocycles. The SMILES string of the molecule is NS(=O)(=O)c1cc(CCNC(=O)/C=C/c2cccs2)ccc1OCCc1ccccc1. The maximum Gasteiger partial charge on any atom is 0.244 e. The first-order valence-electron chi connectivity index (χ1n) is 9.74. The Bertz CT molecular complexity index is 1130. The van der Waals surface area contributed by atoms with E-state index in [0.717, 1.165) is 16.0 Å². The molecule has 1 aromatic heterocycles. The van der Waals surface area contributed by atoms with Crippen molar-refractivity contribution in [3.8, 4) is 5.75 Å².